The molecule has 0 bridgehead atoms. The number of hydrogen-bond donors (Lipinski definition) is 1. The number of carbonyl (C=O) groups excluding carboxylic acids is 2. The van der Waals surface area contributed by atoms with Crippen molar-refractivity contribution < 1.29 is 14.3 Å². The number of nitrogens with one attached hydrogen (secondary N) is 1. The van der Waals surface area contributed by atoms with E-state index in [1.54, 1.807) is 19.4 Å². The Hall–Kier alpha value is -2.15. The molecule has 1 saturated carbocycles. The first-order valence-corrected chi connectivity index (χ1v) is 8.02. The van der Waals surface area contributed by atoms with Crippen molar-refractivity contribution in [2.75, 3.05) is 37.0 Å². The van der Waals surface area contributed by atoms with Crippen LogP contribution in [0.3, 0.4) is 0 Å². The lowest BCUT2D eigenvalue weighted by Crippen LogP contribution is -2.34. The highest BCUT2D eigenvalue weighted by atomic mass is 16.5. The van der Waals surface area contributed by atoms with Crippen LogP contribution in [-0.4, -0.2) is 54.7 Å². The number of rotatable bonds is 6. The second-order valence-electron chi connectivity index (χ2n) is 5.95. The highest BCUT2D eigenvalue weighted by Gasteiger charge is 2.36. The maximum atomic E-state index is 12.3. The molecule has 1 N–H and O–H groups in total. The van der Waals surface area contributed by atoms with Gasteiger partial charge in [0.05, 0.1) is 18.5 Å². The van der Waals surface area contributed by atoms with Crippen molar-refractivity contribution in [1.82, 2.24) is 9.88 Å². The lowest BCUT2D eigenvalue weighted by molar-refractivity contribution is -0.116. The van der Waals surface area contributed by atoms with Crippen LogP contribution in [-0.2, 0) is 9.53 Å². The van der Waals surface area contributed by atoms with Crippen LogP contribution in [0.2, 0.25) is 0 Å². The van der Waals surface area contributed by atoms with Gasteiger partial charge in [-0.15, -0.1) is 0 Å². The lowest BCUT2D eigenvalue weighted by Gasteiger charge is -2.17. The molecular formula is C16H22N4O3. The minimum absolute atomic E-state index is 0.0876. The molecule has 0 atom stereocenters. The van der Waals surface area contributed by atoms with Gasteiger partial charge in [0, 0.05) is 19.7 Å². The Morgan fingerprint density at radius 1 is 1.30 bits per heavy atom. The molecule has 1 aliphatic heterocycles. The van der Waals surface area contributed by atoms with Crippen molar-refractivity contribution in [3.05, 3.63) is 18.3 Å². The van der Waals surface area contributed by atoms with Gasteiger partial charge in [-0.2, -0.15) is 0 Å². The lowest BCUT2D eigenvalue weighted by atomic mass is 10.2. The van der Waals surface area contributed by atoms with Crippen molar-refractivity contribution in [3.8, 4) is 0 Å². The number of anilines is 2. The molecule has 7 heteroatoms. The van der Waals surface area contributed by atoms with E-state index in [4.69, 9.17) is 4.74 Å². The van der Waals surface area contributed by atoms with E-state index in [9.17, 15) is 9.59 Å². The van der Waals surface area contributed by atoms with Gasteiger partial charge < -0.3 is 15.0 Å². The largest absolute Gasteiger partial charge is 0.383 e. The predicted molar refractivity (Wildman–Crippen MR) is 86.4 cm³/mol. The molecule has 0 aromatic carbocycles. The van der Waals surface area contributed by atoms with Crippen molar-refractivity contribution >= 4 is 23.4 Å². The molecule has 7 nitrogen and oxygen atoms in total. The zero-order chi connectivity index (χ0) is 16.2. The van der Waals surface area contributed by atoms with Gasteiger partial charge in [-0.25, -0.2) is 14.7 Å². The number of hydrogen-bond acceptors (Lipinski definition) is 5. The fraction of sp³-hybridized carbons (Fsp3) is 0.562. The Balaban J connectivity index is 1.66. The SMILES string of the molecule is COCCN1CC(=O)N(c2ccc(NC3CCCC3)nc2)C1=O. The molecule has 1 aromatic heterocycles. The Morgan fingerprint density at radius 3 is 2.74 bits per heavy atom. The number of amides is 3. The second-order valence-corrected chi connectivity index (χ2v) is 5.95. The van der Waals surface area contributed by atoms with E-state index >= 15 is 0 Å². The maximum absolute atomic E-state index is 12.3. The molecule has 0 spiro atoms. The van der Waals surface area contributed by atoms with Crippen molar-refractivity contribution in [3.63, 3.8) is 0 Å². The summed E-state index contributed by atoms with van der Waals surface area (Å²) in [5, 5.41) is 3.39. The first kappa shape index (κ1) is 15.7. The molecule has 2 heterocycles. The van der Waals surface area contributed by atoms with E-state index in [1.165, 1.54) is 35.5 Å². The number of urea groups is 1. The van der Waals surface area contributed by atoms with Gasteiger partial charge in [-0.1, -0.05) is 12.8 Å². The molecule has 0 radical (unpaired) electrons. The average Bonchev–Trinajstić information content (AvgIpc) is 3.15. The molecule has 2 fully saturated rings. The molecule has 1 aliphatic carbocycles. The van der Waals surface area contributed by atoms with E-state index in [0.717, 1.165) is 5.82 Å². The Labute approximate surface area is 135 Å². The summed E-state index contributed by atoms with van der Waals surface area (Å²) in [6, 6.07) is 3.75. The minimum atomic E-state index is -0.314. The summed E-state index contributed by atoms with van der Waals surface area (Å²) in [4.78, 5) is 31.4. The van der Waals surface area contributed by atoms with Gasteiger partial charge >= 0.3 is 6.03 Å². The number of ether oxygens (including phenoxy) is 1. The van der Waals surface area contributed by atoms with E-state index in [-0.39, 0.29) is 18.5 Å². The molecule has 1 aromatic rings. The second kappa shape index (κ2) is 6.95. The van der Waals surface area contributed by atoms with E-state index in [0.29, 0.717) is 24.9 Å². The predicted octanol–water partition coefficient (Wildman–Crippen LogP) is 1.85. The Morgan fingerprint density at radius 2 is 2.09 bits per heavy atom. The van der Waals surface area contributed by atoms with Gasteiger partial charge in [-0.3, -0.25) is 4.79 Å². The highest BCUT2D eigenvalue weighted by molar-refractivity contribution is 6.19. The molecule has 0 unspecified atom stereocenters. The zero-order valence-corrected chi connectivity index (χ0v) is 13.3. The fourth-order valence-corrected chi connectivity index (χ4v) is 3.06. The van der Waals surface area contributed by atoms with Gasteiger partial charge in [0.25, 0.3) is 5.91 Å². The van der Waals surface area contributed by atoms with E-state index in [2.05, 4.69) is 10.3 Å². The smallest absolute Gasteiger partial charge is 0.332 e. The number of methoxy groups -OCH3 is 1. The van der Waals surface area contributed by atoms with Crippen LogP contribution >= 0.6 is 0 Å². The summed E-state index contributed by atoms with van der Waals surface area (Å²) in [6.07, 6.45) is 6.42. The molecule has 2 aliphatic rings. The summed E-state index contributed by atoms with van der Waals surface area (Å²) in [7, 11) is 1.57. The third-order valence-electron chi connectivity index (χ3n) is 4.32. The first-order valence-electron chi connectivity index (χ1n) is 8.02. The van der Waals surface area contributed by atoms with Gasteiger partial charge in [-0.05, 0) is 25.0 Å². The summed E-state index contributed by atoms with van der Waals surface area (Å²) in [6.45, 7) is 0.909. The summed E-state index contributed by atoms with van der Waals surface area (Å²) in [5.74, 6) is 0.556. The van der Waals surface area contributed by atoms with Crippen LogP contribution in [0.1, 0.15) is 25.7 Å². The standard InChI is InChI=1S/C16H22N4O3/c1-23-9-8-19-11-15(21)20(16(19)22)13-6-7-14(17-10-13)18-12-4-2-3-5-12/h6-7,10,12H,2-5,8-9,11H2,1H3,(H,17,18). The minimum Gasteiger partial charge on any atom is -0.383 e. The number of aromatic nitrogens is 1. The Kier molecular flexibility index (Phi) is 4.76. The molecule has 3 amide bonds. The first-order chi connectivity index (χ1) is 11.2. The van der Waals surface area contributed by atoms with Crippen LogP contribution in [0.5, 0.6) is 0 Å². The number of imide groups is 1. The normalized spacial score (nSPS) is 19.0. The van der Waals surface area contributed by atoms with Crippen LogP contribution in [0, 0.1) is 0 Å². The highest BCUT2D eigenvalue weighted by Crippen LogP contribution is 2.24. The van der Waals surface area contributed by atoms with Crippen molar-refractivity contribution in [2.24, 2.45) is 0 Å². The van der Waals surface area contributed by atoms with Gasteiger partial charge in [0.1, 0.15) is 12.4 Å². The van der Waals surface area contributed by atoms with Crippen molar-refractivity contribution in [1.29, 1.82) is 0 Å². The van der Waals surface area contributed by atoms with Crippen LogP contribution in [0.4, 0.5) is 16.3 Å². The quantitative estimate of drug-likeness (QED) is 0.810. The third kappa shape index (κ3) is 3.44. The number of nitrogens with zero attached hydrogens (tertiary/aromatic N) is 3. The molecular weight excluding hydrogens is 296 g/mol. The van der Waals surface area contributed by atoms with E-state index < -0.39 is 0 Å². The van der Waals surface area contributed by atoms with E-state index in [1.807, 2.05) is 6.07 Å². The van der Waals surface area contributed by atoms with Crippen LogP contribution in [0.25, 0.3) is 0 Å². The fourth-order valence-electron chi connectivity index (χ4n) is 3.06. The van der Waals surface area contributed by atoms with Gasteiger partial charge in [0.2, 0.25) is 0 Å². The summed E-state index contributed by atoms with van der Waals surface area (Å²) < 4.78 is 4.96. The van der Waals surface area contributed by atoms with Crippen LogP contribution < -0.4 is 10.2 Å². The number of carbonyl (C=O) groups is 2. The maximum Gasteiger partial charge on any atom is 0.332 e. The Bertz CT molecular complexity index is 569. The average molecular weight is 318 g/mol. The van der Waals surface area contributed by atoms with Crippen molar-refractivity contribution in [2.45, 2.75) is 31.7 Å². The molecule has 1 saturated heterocycles. The summed E-state index contributed by atoms with van der Waals surface area (Å²) >= 11 is 0. The molecule has 124 valence electrons. The molecule has 23 heavy (non-hydrogen) atoms. The van der Waals surface area contributed by atoms with Crippen LogP contribution in [0.15, 0.2) is 18.3 Å². The summed E-state index contributed by atoms with van der Waals surface area (Å²) in [5.41, 5.74) is 0.511. The topological polar surface area (TPSA) is 74.8 Å². The van der Waals surface area contributed by atoms with Gasteiger partial charge in [0.15, 0.2) is 0 Å². The monoisotopic (exact) mass is 318 g/mol. The third-order valence-corrected chi connectivity index (χ3v) is 4.32. The molecule has 3 rings (SSSR count). The number of pyridine rings is 1. The zero-order valence-electron chi connectivity index (χ0n) is 13.3.